The summed E-state index contributed by atoms with van der Waals surface area (Å²) in [6, 6.07) is 8.22. The maximum atomic E-state index is 12.4. The molecule has 0 saturated heterocycles. The zero-order chi connectivity index (χ0) is 15.1. The molecule has 1 unspecified atom stereocenters. The number of anilines is 1. The van der Waals surface area contributed by atoms with Crippen LogP contribution in [0.2, 0.25) is 0 Å². The molecule has 1 aromatic rings. The van der Waals surface area contributed by atoms with E-state index in [4.69, 9.17) is 9.84 Å². The van der Waals surface area contributed by atoms with Gasteiger partial charge in [0.25, 0.3) is 0 Å². The molecule has 1 atom stereocenters. The van der Waals surface area contributed by atoms with Crippen molar-refractivity contribution in [3.63, 3.8) is 0 Å². The minimum Gasteiger partial charge on any atom is -0.480 e. The molecule has 1 N–H and O–H groups in total. The fourth-order valence-corrected chi connectivity index (χ4v) is 1.74. The Labute approximate surface area is 118 Å². The number of rotatable bonds is 6. The normalized spacial score (nSPS) is 11.8. The SMILES string of the molecule is COCC(C)N(C)C(=O)N(CC(=O)O)c1ccccc1. The second-order valence-corrected chi connectivity index (χ2v) is 4.51. The monoisotopic (exact) mass is 280 g/mol. The van der Waals surface area contributed by atoms with Crippen LogP contribution in [0.1, 0.15) is 6.92 Å². The van der Waals surface area contributed by atoms with Gasteiger partial charge < -0.3 is 14.7 Å². The molecule has 0 saturated carbocycles. The first kappa shape index (κ1) is 16.0. The van der Waals surface area contributed by atoms with Gasteiger partial charge in [-0.3, -0.25) is 9.69 Å². The number of hydrogen-bond acceptors (Lipinski definition) is 3. The molecule has 0 radical (unpaired) electrons. The number of carbonyl (C=O) groups excluding carboxylic acids is 1. The summed E-state index contributed by atoms with van der Waals surface area (Å²) in [5, 5.41) is 8.98. The lowest BCUT2D eigenvalue weighted by atomic mass is 10.2. The molecule has 2 amide bonds. The van der Waals surface area contributed by atoms with E-state index in [1.165, 1.54) is 9.80 Å². The number of amides is 2. The Morgan fingerprint density at radius 1 is 1.30 bits per heavy atom. The first-order chi connectivity index (χ1) is 9.47. The van der Waals surface area contributed by atoms with Crippen molar-refractivity contribution in [3.05, 3.63) is 30.3 Å². The van der Waals surface area contributed by atoms with Crippen molar-refractivity contribution in [2.45, 2.75) is 13.0 Å². The van der Waals surface area contributed by atoms with Crippen molar-refractivity contribution >= 4 is 17.7 Å². The van der Waals surface area contributed by atoms with Gasteiger partial charge in [-0.25, -0.2) is 4.79 Å². The van der Waals surface area contributed by atoms with Crippen LogP contribution in [-0.2, 0) is 9.53 Å². The molecule has 0 fully saturated rings. The number of nitrogens with zero attached hydrogens (tertiary/aromatic N) is 2. The van der Waals surface area contributed by atoms with Gasteiger partial charge in [-0.2, -0.15) is 0 Å². The molecule has 6 heteroatoms. The number of carboxylic acid groups (broad SMARTS) is 1. The molecular formula is C14H20N2O4. The molecule has 20 heavy (non-hydrogen) atoms. The number of carboxylic acids is 1. The number of aliphatic carboxylic acids is 1. The molecule has 0 bridgehead atoms. The number of benzene rings is 1. The third-order valence-corrected chi connectivity index (χ3v) is 2.96. The van der Waals surface area contributed by atoms with E-state index >= 15 is 0 Å². The van der Waals surface area contributed by atoms with E-state index in [0.29, 0.717) is 12.3 Å². The second-order valence-electron chi connectivity index (χ2n) is 4.51. The Kier molecular flexibility index (Phi) is 5.99. The first-order valence-electron chi connectivity index (χ1n) is 6.27. The van der Waals surface area contributed by atoms with Crippen LogP contribution in [0.15, 0.2) is 30.3 Å². The maximum absolute atomic E-state index is 12.4. The summed E-state index contributed by atoms with van der Waals surface area (Å²) in [4.78, 5) is 26.1. The topological polar surface area (TPSA) is 70.1 Å². The molecule has 0 aromatic heterocycles. The number of urea groups is 1. The van der Waals surface area contributed by atoms with Crippen LogP contribution >= 0.6 is 0 Å². The van der Waals surface area contributed by atoms with E-state index < -0.39 is 5.97 Å². The van der Waals surface area contributed by atoms with Crippen molar-refractivity contribution in [1.29, 1.82) is 0 Å². The predicted molar refractivity (Wildman–Crippen MR) is 75.9 cm³/mol. The van der Waals surface area contributed by atoms with Gasteiger partial charge in [-0.15, -0.1) is 0 Å². The van der Waals surface area contributed by atoms with Crippen LogP contribution in [0, 0.1) is 0 Å². The maximum Gasteiger partial charge on any atom is 0.325 e. The van der Waals surface area contributed by atoms with Crippen molar-refractivity contribution in [2.24, 2.45) is 0 Å². The van der Waals surface area contributed by atoms with Gasteiger partial charge in [0.2, 0.25) is 0 Å². The Bertz CT molecular complexity index is 450. The number of methoxy groups -OCH3 is 1. The highest BCUT2D eigenvalue weighted by atomic mass is 16.5. The Hall–Kier alpha value is -2.08. The van der Waals surface area contributed by atoms with Crippen molar-refractivity contribution < 1.29 is 19.4 Å². The number of carbonyl (C=O) groups is 2. The third kappa shape index (κ3) is 4.24. The average Bonchev–Trinajstić information content (AvgIpc) is 2.44. The van der Waals surface area contributed by atoms with Gasteiger partial charge >= 0.3 is 12.0 Å². The molecule has 1 rings (SSSR count). The van der Waals surface area contributed by atoms with E-state index in [0.717, 1.165) is 0 Å². The highest BCUT2D eigenvalue weighted by Gasteiger charge is 2.24. The van der Waals surface area contributed by atoms with Gasteiger partial charge in [0.05, 0.1) is 12.6 Å². The standard InChI is InChI=1S/C14H20N2O4/c1-11(10-20-3)15(2)14(19)16(9-13(17)18)12-7-5-4-6-8-12/h4-8,11H,9-10H2,1-3H3,(H,17,18). The zero-order valence-electron chi connectivity index (χ0n) is 11.9. The first-order valence-corrected chi connectivity index (χ1v) is 6.27. The van der Waals surface area contributed by atoms with Crippen LogP contribution in [0.3, 0.4) is 0 Å². The van der Waals surface area contributed by atoms with E-state index in [2.05, 4.69) is 0 Å². The van der Waals surface area contributed by atoms with Gasteiger partial charge in [0.15, 0.2) is 0 Å². The Balaban J connectivity index is 2.93. The molecule has 0 spiro atoms. The van der Waals surface area contributed by atoms with Gasteiger partial charge in [-0.05, 0) is 19.1 Å². The molecular weight excluding hydrogens is 260 g/mol. The van der Waals surface area contributed by atoms with Gasteiger partial charge in [0.1, 0.15) is 6.54 Å². The number of hydrogen-bond donors (Lipinski definition) is 1. The smallest absolute Gasteiger partial charge is 0.325 e. The molecule has 110 valence electrons. The summed E-state index contributed by atoms with van der Waals surface area (Å²) in [5.74, 6) is -1.06. The van der Waals surface area contributed by atoms with Crippen molar-refractivity contribution in [3.8, 4) is 0 Å². The third-order valence-electron chi connectivity index (χ3n) is 2.96. The lowest BCUT2D eigenvalue weighted by Crippen LogP contribution is -2.48. The van der Waals surface area contributed by atoms with Crippen molar-refractivity contribution in [1.82, 2.24) is 4.90 Å². The molecule has 6 nitrogen and oxygen atoms in total. The van der Waals surface area contributed by atoms with Crippen LogP contribution in [0.25, 0.3) is 0 Å². The molecule has 0 heterocycles. The summed E-state index contributed by atoms with van der Waals surface area (Å²) in [7, 11) is 3.19. The summed E-state index contributed by atoms with van der Waals surface area (Å²) >= 11 is 0. The zero-order valence-corrected chi connectivity index (χ0v) is 11.9. The fourth-order valence-electron chi connectivity index (χ4n) is 1.74. The summed E-state index contributed by atoms with van der Waals surface area (Å²) in [6.45, 7) is 1.84. The highest BCUT2D eigenvalue weighted by Crippen LogP contribution is 2.16. The number of para-hydroxylation sites is 1. The van der Waals surface area contributed by atoms with E-state index in [1.807, 2.05) is 13.0 Å². The predicted octanol–water partition coefficient (Wildman–Crippen LogP) is 1.66. The van der Waals surface area contributed by atoms with Crippen molar-refractivity contribution in [2.75, 3.05) is 32.2 Å². The largest absolute Gasteiger partial charge is 0.480 e. The second kappa shape index (κ2) is 7.49. The van der Waals surface area contributed by atoms with E-state index in [9.17, 15) is 9.59 Å². The molecule has 0 aliphatic rings. The van der Waals surface area contributed by atoms with E-state index in [-0.39, 0.29) is 18.6 Å². The van der Waals surface area contributed by atoms with E-state index in [1.54, 1.807) is 38.4 Å². The minimum absolute atomic E-state index is 0.146. The average molecular weight is 280 g/mol. The lowest BCUT2D eigenvalue weighted by Gasteiger charge is -2.30. The van der Waals surface area contributed by atoms with Crippen LogP contribution in [-0.4, -0.2) is 55.4 Å². The number of likely N-dealkylation sites (N-methyl/N-ethyl adjacent to an activating group) is 1. The lowest BCUT2D eigenvalue weighted by molar-refractivity contribution is -0.135. The summed E-state index contributed by atoms with van der Waals surface area (Å²) in [6.07, 6.45) is 0. The Morgan fingerprint density at radius 2 is 1.90 bits per heavy atom. The highest BCUT2D eigenvalue weighted by molar-refractivity contribution is 5.96. The quantitative estimate of drug-likeness (QED) is 0.860. The van der Waals surface area contributed by atoms with Crippen LogP contribution < -0.4 is 4.90 Å². The summed E-state index contributed by atoms with van der Waals surface area (Å²) < 4.78 is 5.01. The van der Waals surface area contributed by atoms with Crippen LogP contribution in [0.5, 0.6) is 0 Å². The van der Waals surface area contributed by atoms with Gasteiger partial charge in [-0.1, -0.05) is 18.2 Å². The molecule has 1 aromatic carbocycles. The fraction of sp³-hybridized carbons (Fsp3) is 0.429. The number of ether oxygens (including phenoxy) is 1. The van der Waals surface area contributed by atoms with Crippen LogP contribution in [0.4, 0.5) is 10.5 Å². The molecule has 0 aliphatic heterocycles. The Morgan fingerprint density at radius 3 is 2.40 bits per heavy atom. The summed E-state index contributed by atoms with van der Waals surface area (Å²) in [5.41, 5.74) is 0.552. The molecule has 0 aliphatic carbocycles. The minimum atomic E-state index is -1.06. The van der Waals surface area contributed by atoms with Gasteiger partial charge in [0, 0.05) is 19.8 Å².